The molecule has 1 unspecified atom stereocenters. The number of nitrogens with zero attached hydrogens (tertiary/aromatic N) is 3. The van der Waals surface area contributed by atoms with Crippen molar-refractivity contribution < 1.29 is 28.7 Å². The number of amides is 3. The van der Waals surface area contributed by atoms with Crippen LogP contribution in [0.4, 0.5) is 0 Å². The van der Waals surface area contributed by atoms with Gasteiger partial charge in [0.25, 0.3) is 5.91 Å². The number of nitrogens with one attached hydrogen (secondary N) is 1. The molecular formula is C29H33N4O6PS. The number of hydrogen-bond donors (Lipinski definition) is 3. The molecular weight excluding hydrogens is 563 g/mol. The smallest absolute Gasteiger partial charge is 0.329 e. The number of carbonyl (C=O) groups excluding carboxylic acids is 3. The Kier molecular flexibility index (Phi) is 7.48. The lowest BCUT2D eigenvalue weighted by Gasteiger charge is -2.43. The van der Waals surface area contributed by atoms with Gasteiger partial charge in [0.05, 0.1) is 11.0 Å². The van der Waals surface area contributed by atoms with Crippen molar-refractivity contribution in [3.8, 4) is 0 Å². The number of aromatic nitrogens is 1. The van der Waals surface area contributed by atoms with Gasteiger partial charge >= 0.3 is 7.60 Å². The van der Waals surface area contributed by atoms with Gasteiger partial charge < -0.3 is 24.9 Å². The number of rotatable bonds is 6. The van der Waals surface area contributed by atoms with Gasteiger partial charge in [-0.05, 0) is 85.4 Å². The predicted octanol–water partition coefficient (Wildman–Crippen LogP) is 3.55. The highest BCUT2D eigenvalue weighted by molar-refractivity contribution is 7.50. The molecule has 3 N–H and O–H groups in total. The fourth-order valence-electron chi connectivity index (χ4n) is 6.48. The van der Waals surface area contributed by atoms with Gasteiger partial charge in [-0.1, -0.05) is 6.07 Å². The summed E-state index contributed by atoms with van der Waals surface area (Å²) < 4.78 is 12.2. The second kappa shape index (κ2) is 10.9. The zero-order valence-corrected chi connectivity index (χ0v) is 24.4. The van der Waals surface area contributed by atoms with Crippen LogP contribution in [0.1, 0.15) is 64.4 Å². The average Bonchev–Trinajstić information content (AvgIpc) is 3.47. The van der Waals surface area contributed by atoms with Crippen molar-refractivity contribution in [2.75, 3.05) is 13.1 Å². The first-order chi connectivity index (χ1) is 19.6. The maximum absolute atomic E-state index is 13.8. The van der Waals surface area contributed by atoms with Gasteiger partial charge in [-0.15, -0.1) is 11.3 Å². The van der Waals surface area contributed by atoms with Crippen LogP contribution in [0.2, 0.25) is 0 Å². The molecule has 12 heteroatoms. The molecule has 0 bridgehead atoms. The summed E-state index contributed by atoms with van der Waals surface area (Å²) in [7, 11) is -4.21. The second-order valence-corrected chi connectivity index (χ2v) is 14.2. The van der Waals surface area contributed by atoms with E-state index in [1.165, 1.54) is 16.9 Å². The quantitative estimate of drug-likeness (QED) is 0.370. The third-order valence-corrected chi connectivity index (χ3v) is 10.5. The first kappa shape index (κ1) is 28.0. The lowest BCUT2D eigenvalue weighted by molar-refractivity contribution is -0.148. The van der Waals surface area contributed by atoms with Gasteiger partial charge in [0.15, 0.2) is 0 Å². The van der Waals surface area contributed by atoms with Gasteiger partial charge in [-0.3, -0.25) is 23.9 Å². The molecule has 6 rings (SSSR count). The first-order valence-electron chi connectivity index (χ1n) is 14.0. The van der Waals surface area contributed by atoms with E-state index < -0.39 is 19.7 Å². The molecule has 3 aliphatic heterocycles. The minimum absolute atomic E-state index is 0.00719. The van der Waals surface area contributed by atoms with Crippen molar-refractivity contribution in [2.24, 2.45) is 0 Å². The first-order valence-corrected chi connectivity index (χ1v) is 16.6. The van der Waals surface area contributed by atoms with Crippen molar-refractivity contribution in [1.29, 1.82) is 0 Å². The molecule has 0 saturated carbocycles. The van der Waals surface area contributed by atoms with Crippen molar-refractivity contribution >= 4 is 46.7 Å². The molecule has 5 heterocycles. The maximum Gasteiger partial charge on any atom is 0.329 e. The molecule has 3 amide bonds. The molecule has 3 saturated heterocycles. The Morgan fingerprint density at radius 2 is 1.93 bits per heavy atom. The van der Waals surface area contributed by atoms with Gasteiger partial charge in [0, 0.05) is 42.1 Å². The highest BCUT2D eigenvalue weighted by Crippen LogP contribution is 2.40. The molecule has 41 heavy (non-hydrogen) atoms. The Morgan fingerprint density at radius 3 is 2.68 bits per heavy atom. The van der Waals surface area contributed by atoms with Crippen molar-refractivity contribution in [2.45, 2.75) is 69.2 Å². The summed E-state index contributed by atoms with van der Waals surface area (Å²) in [5.74, 6) is -0.312. The number of fused-ring (bicyclic) bond motifs is 2. The lowest BCUT2D eigenvalue weighted by atomic mass is 9.89. The molecule has 0 aliphatic carbocycles. The monoisotopic (exact) mass is 596 g/mol. The number of pyridine rings is 1. The molecule has 216 valence electrons. The van der Waals surface area contributed by atoms with E-state index in [2.05, 4.69) is 17.2 Å². The van der Waals surface area contributed by atoms with Crippen LogP contribution < -0.4 is 5.32 Å². The molecule has 0 radical (unpaired) electrons. The number of thiophene rings is 1. The lowest BCUT2D eigenvalue weighted by Crippen LogP contribution is -2.58. The Morgan fingerprint density at radius 1 is 1.12 bits per heavy atom. The van der Waals surface area contributed by atoms with Gasteiger partial charge in [0.2, 0.25) is 11.8 Å². The minimum Gasteiger partial charge on any atom is -0.340 e. The fraction of sp³-hybridized carbons (Fsp3) is 0.448. The zero-order chi connectivity index (χ0) is 28.9. The molecule has 10 nitrogen and oxygen atoms in total. The van der Waals surface area contributed by atoms with E-state index in [0.29, 0.717) is 36.4 Å². The van der Waals surface area contributed by atoms with Crippen LogP contribution in [-0.2, 0) is 20.3 Å². The summed E-state index contributed by atoms with van der Waals surface area (Å²) in [5.41, 5.74) is 2.82. The summed E-state index contributed by atoms with van der Waals surface area (Å²) in [6.45, 7) is 3.29. The van der Waals surface area contributed by atoms with E-state index in [9.17, 15) is 28.7 Å². The van der Waals surface area contributed by atoms with Crippen LogP contribution in [0.5, 0.6) is 0 Å². The highest BCUT2D eigenvalue weighted by Gasteiger charge is 2.47. The van der Waals surface area contributed by atoms with Crippen LogP contribution in [0, 0.1) is 6.92 Å². The fourth-order valence-corrected chi connectivity index (χ4v) is 8.10. The van der Waals surface area contributed by atoms with Crippen LogP contribution in [-0.4, -0.2) is 73.5 Å². The Hall–Kier alpha value is -3.11. The van der Waals surface area contributed by atoms with Gasteiger partial charge in [0.1, 0.15) is 12.1 Å². The van der Waals surface area contributed by atoms with Gasteiger partial charge in [-0.2, -0.15) is 0 Å². The summed E-state index contributed by atoms with van der Waals surface area (Å²) in [4.78, 5) is 67.4. The summed E-state index contributed by atoms with van der Waals surface area (Å²) >= 11 is 1.27. The van der Waals surface area contributed by atoms with Gasteiger partial charge in [-0.25, -0.2) is 0 Å². The molecule has 3 atom stereocenters. The molecule has 3 aromatic rings. The summed E-state index contributed by atoms with van der Waals surface area (Å²) in [6, 6.07) is 7.54. The Bertz CT molecular complexity index is 1560. The normalized spacial score (nSPS) is 23.3. The Labute approximate surface area is 241 Å². The van der Waals surface area contributed by atoms with E-state index in [0.717, 1.165) is 34.9 Å². The second-order valence-electron chi connectivity index (χ2n) is 11.4. The molecule has 2 aromatic heterocycles. The SMILES string of the molecule is Cc1ccncc1C1CN(C(=O)[C@@H]2CC[C@@H]3CCCC(NC(=O)c4cc5cc(CP(=O)(O)O)ccc5s4)C(=O)N32)C1. The van der Waals surface area contributed by atoms with E-state index in [4.69, 9.17) is 0 Å². The Balaban J connectivity index is 1.13. The molecule has 0 spiro atoms. The topological polar surface area (TPSA) is 140 Å². The minimum atomic E-state index is -4.21. The predicted molar refractivity (Wildman–Crippen MR) is 155 cm³/mol. The van der Waals surface area contributed by atoms with E-state index >= 15 is 0 Å². The summed E-state index contributed by atoms with van der Waals surface area (Å²) in [5, 5.41) is 3.65. The number of hydrogen-bond acceptors (Lipinski definition) is 6. The van der Waals surface area contributed by atoms with E-state index in [-0.39, 0.29) is 35.8 Å². The third kappa shape index (κ3) is 5.68. The molecule has 3 aliphatic rings. The van der Waals surface area contributed by atoms with Crippen LogP contribution >= 0.6 is 18.9 Å². The maximum atomic E-state index is 13.8. The van der Waals surface area contributed by atoms with E-state index in [1.54, 1.807) is 35.4 Å². The van der Waals surface area contributed by atoms with Crippen LogP contribution in [0.25, 0.3) is 10.1 Å². The van der Waals surface area contributed by atoms with E-state index in [1.807, 2.05) is 17.2 Å². The zero-order valence-electron chi connectivity index (χ0n) is 22.7. The number of likely N-dealkylation sites (tertiary alicyclic amines) is 1. The molecule has 1 aromatic carbocycles. The summed E-state index contributed by atoms with van der Waals surface area (Å²) in [6.07, 6.45) is 6.80. The number of benzene rings is 1. The molecule has 3 fully saturated rings. The highest BCUT2D eigenvalue weighted by atomic mass is 32.1. The van der Waals surface area contributed by atoms with Crippen LogP contribution in [0.3, 0.4) is 0 Å². The number of carbonyl (C=O) groups is 3. The largest absolute Gasteiger partial charge is 0.340 e. The standard InChI is InChI=1S/C29H33N4O6PS/c1-17-9-10-30-13-22(17)20-14-32(15-20)29(36)24-7-6-21-3-2-4-23(28(35)33(21)24)31-27(34)26-12-19-11-18(16-40(37,38)39)5-8-25(19)41-26/h5,8-13,20-21,23-24H,2-4,6-7,14-16H2,1H3,(H,31,34)(H2,37,38,39)/t21-,23?,24-/m0/s1. The average molecular weight is 597 g/mol. The van der Waals surface area contributed by atoms with Crippen LogP contribution in [0.15, 0.2) is 42.7 Å². The van der Waals surface area contributed by atoms with Crippen molar-refractivity contribution in [3.05, 3.63) is 64.3 Å². The van der Waals surface area contributed by atoms with Crippen molar-refractivity contribution in [1.82, 2.24) is 20.1 Å². The number of aryl methyl sites for hydroxylation is 1. The van der Waals surface area contributed by atoms with Crippen molar-refractivity contribution in [3.63, 3.8) is 0 Å². The third-order valence-electron chi connectivity index (χ3n) is 8.58.